The molecular weight excluding hydrogens is 320 g/mol. The molecule has 0 bridgehead atoms. The summed E-state index contributed by atoms with van der Waals surface area (Å²) < 4.78 is 23.5. The summed E-state index contributed by atoms with van der Waals surface area (Å²) in [5, 5.41) is 2.72. The van der Waals surface area contributed by atoms with E-state index < -0.39 is 9.84 Å². The molecule has 18 heavy (non-hydrogen) atoms. The predicted molar refractivity (Wildman–Crippen MR) is 71.1 cm³/mol. The van der Waals surface area contributed by atoms with Crippen molar-refractivity contribution in [1.82, 2.24) is 10.3 Å². The lowest BCUT2D eigenvalue weighted by Gasteiger charge is -2.22. The number of pyridine rings is 1. The number of hydrogen-bond acceptors (Lipinski definition) is 4. The number of hydrogen-bond donors (Lipinski definition) is 1. The molecule has 1 N–H and O–H groups in total. The van der Waals surface area contributed by atoms with Crippen molar-refractivity contribution in [2.24, 2.45) is 0 Å². The van der Waals surface area contributed by atoms with Gasteiger partial charge in [0, 0.05) is 6.04 Å². The molecule has 1 aliphatic heterocycles. The minimum absolute atomic E-state index is 0.0206. The van der Waals surface area contributed by atoms with Crippen LogP contribution in [0.4, 0.5) is 0 Å². The second-order valence-corrected chi connectivity index (χ2v) is 7.31. The first-order valence-electron chi connectivity index (χ1n) is 5.60. The maximum absolute atomic E-state index is 11.9. The molecule has 0 aliphatic carbocycles. The zero-order valence-electron chi connectivity index (χ0n) is 9.60. The van der Waals surface area contributed by atoms with Crippen LogP contribution in [0.2, 0.25) is 0 Å². The van der Waals surface area contributed by atoms with E-state index in [9.17, 15) is 13.2 Å². The summed E-state index contributed by atoms with van der Waals surface area (Å²) in [6, 6.07) is 4.72. The molecule has 7 heteroatoms. The van der Waals surface area contributed by atoms with Gasteiger partial charge in [-0.2, -0.15) is 0 Å². The van der Waals surface area contributed by atoms with Crippen LogP contribution in [0.3, 0.4) is 0 Å². The van der Waals surface area contributed by atoms with E-state index in [0.29, 0.717) is 17.4 Å². The Morgan fingerprint density at radius 3 is 2.89 bits per heavy atom. The monoisotopic (exact) mass is 332 g/mol. The maximum atomic E-state index is 11.9. The van der Waals surface area contributed by atoms with Crippen LogP contribution < -0.4 is 5.32 Å². The summed E-state index contributed by atoms with van der Waals surface area (Å²) in [5.41, 5.74) is 0.285. The topological polar surface area (TPSA) is 76.1 Å². The smallest absolute Gasteiger partial charge is 0.270 e. The minimum Gasteiger partial charge on any atom is -0.347 e. The third-order valence-corrected chi connectivity index (χ3v) is 5.01. The third-order valence-electron chi connectivity index (χ3n) is 2.75. The molecule has 0 radical (unpaired) electrons. The second kappa shape index (κ2) is 5.36. The molecule has 1 fully saturated rings. The van der Waals surface area contributed by atoms with Crippen molar-refractivity contribution < 1.29 is 13.2 Å². The Morgan fingerprint density at radius 2 is 2.22 bits per heavy atom. The highest BCUT2D eigenvalue weighted by Gasteiger charge is 2.26. The fourth-order valence-corrected chi connectivity index (χ4v) is 3.91. The fourth-order valence-electron chi connectivity index (χ4n) is 1.93. The third kappa shape index (κ3) is 3.52. The highest BCUT2D eigenvalue weighted by atomic mass is 79.9. The van der Waals surface area contributed by atoms with Gasteiger partial charge >= 0.3 is 0 Å². The number of rotatable bonds is 2. The Bertz CT molecular complexity index is 559. The van der Waals surface area contributed by atoms with E-state index in [1.54, 1.807) is 18.2 Å². The van der Waals surface area contributed by atoms with Crippen LogP contribution in [0.25, 0.3) is 0 Å². The SMILES string of the molecule is O=C(NC1CCCS(=O)(=O)C1)c1cccc(Br)n1. The molecule has 1 aromatic heterocycles. The molecule has 2 heterocycles. The lowest BCUT2D eigenvalue weighted by atomic mass is 10.2. The van der Waals surface area contributed by atoms with E-state index in [-0.39, 0.29) is 29.1 Å². The maximum Gasteiger partial charge on any atom is 0.270 e. The van der Waals surface area contributed by atoms with Gasteiger partial charge in [-0.25, -0.2) is 13.4 Å². The number of sulfone groups is 1. The van der Waals surface area contributed by atoms with Crippen LogP contribution in [0.5, 0.6) is 0 Å². The molecular formula is C11H13BrN2O3S. The van der Waals surface area contributed by atoms with E-state index in [1.165, 1.54) is 0 Å². The molecule has 1 aliphatic rings. The largest absolute Gasteiger partial charge is 0.347 e. The van der Waals surface area contributed by atoms with Crippen LogP contribution in [0, 0.1) is 0 Å². The van der Waals surface area contributed by atoms with Crippen molar-refractivity contribution in [2.75, 3.05) is 11.5 Å². The number of aromatic nitrogens is 1. The predicted octanol–water partition coefficient (Wildman–Crippen LogP) is 1.15. The van der Waals surface area contributed by atoms with Crippen molar-refractivity contribution >= 4 is 31.7 Å². The molecule has 98 valence electrons. The van der Waals surface area contributed by atoms with Gasteiger partial charge in [0.25, 0.3) is 5.91 Å². The van der Waals surface area contributed by atoms with Crippen molar-refractivity contribution in [3.8, 4) is 0 Å². The van der Waals surface area contributed by atoms with Gasteiger partial charge in [0.2, 0.25) is 0 Å². The van der Waals surface area contributed by atoms with E-state index in [0.717, 1.165) is 0 Å². The van der Waals surface area contributed by atoms with Crippen LogP contribution >= 0.6 is 15.9 Å². The first-order valence-corrected chi connectivity index (χ1v) is 8.21. The standard InChI is InChI=1S/C11H13BrN2O3S/c12-10-5-1-4-9(14-10)11(15)13-8-3-2-6-18(16,17)7-8/h1,4-5,8H,2-3,6-7H2,(H,13,15). The normalized spacial score (nSPS) is 22.4. The minimum atomic E-state index is -3.01. The second-order valence-electron chi connectivity index (χ2n) is 4.27. The summed E-state index contributed by atoms with van der Waals surface area (Å²) in [7, 11) is -3.01. The van der Waals surface area contributed by atoms with Gasteiger partial charge in [-0.1, -0.05) is 6.07 Å². The molecule has 1 unspecified atom stereocenters. The Balaban J connectivity index is 2.03. The Morgan fingerprint density at radius 1 is 1.44 bits per heavy atom. The molecule has 1 atom stereocenters. The molecule has 5 nitrogen and oxygen atoms in total. The highest BCUT2D eigenvalue weighted by molar-refractivity contribution is 9.10. The molecule has 0 aromatic carbocycles. The van der Waals surface area contributed by atoms with Gasteiger partial charge in [-0.3, -0.25) is 4.79 Å². The van der Waals surface area contributed by atoms with E-state index >= 15 is 0 Å². The number of amides is 1. The summed E-state index contributed by atoms with van der Waals surface area (Å²) in [6.07, 6.45) is 1.29. The van der Waals surface area contributed by atoms with Crippen molar-refractivity contribution in [3.63, 3.8) is 0 Å². The zero-order chi connectivity index (χ0) is 13.2. The molecule has 0 spiro atoms. The zero-order valence-corrected chi connectivity index (χ0v) is 12.0. The molecule has 1 aromatic rings. The van der Waals surface area contributed by atoms with Crippen molar-refractivity contribution in [3.05, 3.63) is 28.5 Å². The fraction of sp³-hybridized carbons (Fsp3) is 0.455. The van der Waals surface area contributed by atoms with Gasteiger partial charge in [0.15, 0.2) is 9.84 Å². The Labute approximate surface area is 114 Å². The molecule has 1 saturated heterocycles. The summed E-state index contributed by atoms with van der Waals surface area (Å²) >= 11 is 3.19. The van der Waals surface area contributed by atoms with Gasteiger partial charge in [0.1, 0.15) is 10.3 Å². The first kappa shape index (κ1) is 13.5. The average molecular weight is 333 g/mol. The van der Waals surface area contributed by atoms with Crippen molar-refractivity contribution in [1.29, 1.82) is 0 Å². The molecule has 1 amide bonds. The van der Waals surface area contributed by atoms with Gasteiger partial charge < -0.3 is 5.32 Å². The number of nitrogens with zero attached hydrogens (tertiary/aromatic N) is 1. The Hall–Kier alpha value is -0.950. The van der Waals surface area contributed by atoms with Gasteiger partial charge in [0.05, 0.1) is 11.5 Å². The summed E-state index contributed by atoms with van der Waals surface area (Å²) in [5.74, 6) is -0.0975. The van der Waals surface area contributed by atoms with Crippen molar-refractivity contribution in [2.45, 2.75) is 18.9 Å². The summed E-state index contributed by atoms with van der Waals surface area (Å²) in [6.45, 7) is 0. The van der Waals surface area contributed by atoms with E-state index in [1.807, 2.05) is 0 Å². The van der Waals surface area contributed by atoms with Crippen LogP contribution in [0.15, 0.2) is 22.8 Å². The number of nitrogens with one attached hydrogen (secondary N) is 1. The number of halogens is 1. The lowest BCUT2D eigenvalue weighted by molar-refractivity contribution is 0.0933. The van der Waals surface area contributed by atoms with Crippen LogP contribution in [0.1, 0.15) is 23.3 Å². The number of carbonyl (C=O) groups is 1. The molecule has 0 saturated carbocycles. The Kier molecular flexibility index (Phi) is 4.01. The van der Waals surface area contributed by atoms with E-state index in [2.05, 4.69) is 26.2 Å². The first-order chi connectivity index (χ1) is 8.46. The lowest BCUT2D eigenvalue weighted by Crippen LogP contribution is -2.43. The quantitative estimate of drug-likeness (QED) is 0.824. The molecule has 2 rings (SSSR count). The highest BCUT2D eigenvalue weighted by Crippen LogP contribution is 2.13. The summed E-state index contributed by atoms with van der Waals surface area (Å²) in [4.78, 5) is 15.9. The number of carbonyl (C=O) groups excluding carboxylic acids is 1. The van der Waals surface area contributed by atoms with Crippen LogP contribution in [-0.2, 0) is 9.84 Å². The van der Waals surface area contributed by atoms with E-state index in [4.69, 9.17) is 0 Å². The van der Waals surface area contributed by atoms with Gasteiger partial charge in [-0.05, 0) is 40.9 Å². The van der Waals surface area contributed by atoms with Crippen LogP contribution in [-0.4, -0.2) is 36.9 Å². The average Bonchev–Trinajstić information content (AvgIpc) is 2.27. The van der Waals surface area contributed by atoms with Gasteiger partial charge in [-0.15, -0.1) is 0 Å².